The van der Waals surface area contributed by atoms with Gasteiger partial charge in [-0.2, -0.15) is 0 Å². The summed E-state index contributed by atoms with van der Waals surface area (Å²) in [5.41, 5.74) is -1.86. The van der Waals surface area contributed by atoms with Gasteiger partial charge in [-0.15, -0.1) is 0 Å². The van der Waals surface area contributed by atoms with Crippen LogP contribution in [0.25, 0.3) is 11.1 Å². The molecule has 0 aliphatic carbocycles. The van der Waals surface area contributed by atoms with E-state index >= 15 is 0 Å². The summed E-state index contributed by atoms with van der Waals surface area (Å²) < 4.78 is 0. The lowest BCUT2D eigenvalue weighted by molar-refractivity contribution is 0.328. The number of aromatic hydroxyl groups is 9. The van der Waals surface area contributed by atoms with Crippen molar-refractivity contribution < 1.29 is 46.0 Å². The molecule has 2 aromatic rings. The third-order valence-electron chi connectivity index (χ3n) is 4.15. The molecular weight excluding hydrogens is 348 g/mol. The molecule has 0 aliphatic heterocycles. The highest BCUT2D eigenvalue weighted by Gasteiger charge is 2.32. The second kappa shape index (κ2) is 6.87. The van der Waals surface area contributed by atoms with Crippen molar-refractivity contribution in [3.05, 3.63) is 5.56 Å². The summed E-state index contributed by atoms with van der Waals surface area (Å²) in [6.45, 7) is 1.94. The lowest BCUT2D eigenvalue weighted by Crippen LogP contribution is -1.93. The van der Waals surface area contributed by atoms with Gasteiger partial charge < -0.3 is 46.0 Å². The van der Waals surface area contributed by atoms with Crippen molar-refractivity contribution in [3.8, 4) is 62.9 Å². The number of unbranched alkanes of at least 4 members (excludes halogenated alkanes) is 2. The first kappa shape index (κ1) is 19.0. The third-order valence-corrected chi connectivity index (χ3v) is 4.15. The lowest BCUT2D eigenvalue weighted by atomic mass is 9.94. The van der Waals surface area contributed by atoms with Gasteiger partial charge in [-0.25, -0.2) is 0 Å². The molecule has 9 nitrogen and oxygen atoms in total. The van der Waals surface area contributed by atoms with E-state index in [1.807, 2.05) is 6.92 Å². The molecule has 0 aromatic heterocycles. The summed E-state index contributed by atoms with van der Waals surface area (Å²) in [6, 6.07) is 0. The summed E-state index contributed by atoms with van der Waals surface area (Å²) >= 11 is 0. The average Bonchev–Trinajstić information content (AvgIpc) is 2.62. The van der Waals surface area contributed by atoms with Crippen LogP contribution < -0.4 is 0 Å². The Balaban J connectivity index is 2.78. The van der Waals surface area contributed by atoms with E-state index in [9.17, 15) is 46.0 Å². The molecule has 9 N–H and O–H groups in total. The smallest absolute Gasteiger partial charge is 0.208 e. The van der Waals surface area contributed by atoms with Crippen molar-refractivity contribution >= 4 is 0 Å². The first-order valence-electron chi connectivity index (χ1n) is 7.82. The summed E-state index contributed by atoms with van der Waals surface area (Å²) in [5.74, 6) is -9.67. The van der Waals surface area contributed by atoms with E-state index in [1.165, 1.54) is 0 Å². The molecule has 2 rings (SSSR count). The Hall–Kier alpha value is -3.36. The Labute approximate surface area is 147 Å². The highest BCUT2D eigenvalue weighted by molar-refractivity contribution is 5.93. The number of hydrogen-bond acceptors (Lipinski definition) is 9. The molecule has 0 saturated carbocycles. The van der Waals surface area contributed by atoms with Crippen molar-refractivity contribution in [2.45, 2.75) is 32.6 Å². The molecule has 0 saturated heterocycles. The van der Waals surface area contributed by atoms with E-state index in [0.717, 1.165) is 12.8 Å². The summed E-state index contributed by atoms with van der Waals surface area (Å²) in [5, 5.41) is 89.3. The fourth-order valence-corrected chi connectivity index (χ4v) is 2.69. The van der Waals surface area contributed by atoms with Crippen molar-refractivity contribution in [1.82, 2.24) is 0 Å². The van der Waals surface area contributed by atoms with E-state index in [4.69, 9.17) is 0 Å². The Bertz CT molecular complexity index is 800. The van der Waals surface area contributed by atoms with Gasteiger partial charge >= 0.3 is 0 Å². The maximum Gasteiger partial charge on any atom is 0.208 e. The molecule has 9 heteroatoms. The molecule has 0 heterocycles. The van der Waals surface area contributed by atoms with Crippen molar-refractivity contribution in [2.75, 3.05) is 0 Å². The zero-order valence-corrected chi connectivity index (χ0v) is 13.9. The summed E-state index contributed by atoms with van der Waals surface area (Å²) in [4.78, 5) is 0. The molecule has 0 atom stereocenters. The number of phenols is 9. The molecule has 0 aliphatic rings. The molecular formula is C17H20O9. The quantitative estimate of drug-likeness (QED) is 0.217. The molecule has 26 heavy (non-hydrogen) atoms. The molecule has 0 fully saturated rings. The minimum absolute atomic E-state index is 0.136. The SMILES string of the molecule is CCCCCc1c(O)c(O)c(-c2c(O)c(O)c(O)c(O)c2O)c(O)c1O. The van der Waals surface area contributed by atoms with Crippen LogP contribution in [0.2, 0.25) is 0 Å². The van der Waals surface area contributed by atoms with Crippen LogP contribution in [0, 0.1) is 0 Å². The molecule has 2 aromatic carbocycles. The van der Waals surface area contributed by atoms with Gasteiger partial charge in [0.05, 0.1) is 11.1 Å². The van der Waals surface area contributed by atoms with E-state index in [-0.39, 0.29) is 12.0 Å². The van der Waals surface area contributed by atoms with Crippen molar-refractivity contribution in [1.29, 1.82) is 0 Å². The van der Waals surface area contributed by atoms with Gasteiger partial charge in [0.2, 0.25) is 17.2 Å². The fourth-order valence-electron chi connectivity index (χ4n) is 2.69. The van der Waals surface area contributed by atoms with Gasteiger partial charge in [-0.1, -0.05) is 19.8 Å². The predicted octanol–water partition coefficient (Wildman–Crippen LogP) is 2.44. The number of benzene rings is 2. The zero-order chi connectivity index (χ0) is 19.8. The Morgan fingerprint density at radius 2 is 0.808 bits per heavy atom. The van der Waals surface area contributed by atoms with Crippen molar-refractivity contribution in [3.63, 3.8) is 0 Å². The minimum atomic E-state index is -1.24. The van der Waals surface area contributed by atoms with Crippen LogP contribution in [0.15, 0.2) is 0 Å². The maximum absolute atomic E-state index is 10.2. The number of rotatable bonds is 5. The predicted molar refractivity (Wildman–Crippen MR) is 90.1 cm³/mol. The largest absolute Gasteiger partial charge is 0.504 e. The highest BCUT2D eigenvalue weighted by Crippen LogP contribution is 2.61. The van der Waals surface area contributed by atoms with Crippen LogP contribution >= 0.6 is 0 Å². The normalized spacial score (nSPS) is 11.0. The van der Waals surface area contributed by atoms with E-state index in [0.29, 0.717) is 6.42 Å². The van der Waals surface area contributed by atoms with Gasteiger partial charge in [0.1, 0.15) is 0 Å². The molecule has 0 amide bonds. The van der Waals surface area contributed by atoms with Crippen LogP contribution in [-0.4, -0.2) is 46.0 Å². The fraction of sp³-hybridized carbons (Fsp3) is 0.294. The number of hydrogen-bond donors (Lipinski definition) is 9. The maximum atomic E-state index is 10.2. The van der Waals surface area contributed by atoms with E-state index < -0.39 is 62.9 Å². The average molecular weight is 368 g/mol. The highest BCUT2D eigenvalue weighted by atomic mass is 16.4. The van der Waals surface area contributed by atoms with Crippen LogP contribution in [-0.2, 0) is 6.42 Å². The minimum Gasteiger partial charge on any atom is -0.504 e. The molecule has 0 spiro atoms. The van der Waals surface area contributed by atoms with E-state index in [1.54, 1.807) is 0 Å². The van der Waals surface area contributed by atoms with Gasteiger partial charge in [0, 0.05) is 5.56 Å². The first-order chi connectivity index (χ1) is 12.1. The summed E-state index contributed by atoms with van der Waals surface area (Å²) in [6.07, 6.45) is 2.30. The topological polar surface area (TPSA) is 182 Å². The van der Waals surface area contributed by atoms with Crippen LogP contribution in [0.5, 0.6) is 51.7 Å². The monoisotopic (exact) mass is 368 g/mol. The Kier molecular flexibility index (Phi) is 5.01. The Morgan fingerprint density at radius 1 is 0.462 bits per heavy atom. The second-order valence-corrected chi connectivity index (χ2v) is 5.82. The summed E-state index contributed by atoms with van der Waals surface area (Å²) in [7, 11) is 0. The molecule has 0 unspecified atom stereocenters. The second-order valence-electron chi connectivity index (χ2n) is 5.82. The zero-order valence-electron chi connectivity index (χ0n) is 13.9. The third kappa shape index (κ3) is 2.77. The van der Waals surface area contributed by atoms with E-state index in [2.05, 4.69) is 0 Å². The molecule has 0 bridgehead atoms. The van der Waals surface area contributed by atoms with Crippen LogP contribution in [0.3, 0.4) is 0 Å². The standard InChI is InChI=1S/C17H20O9/c1-2-3-4-5-6-9(18)11(20)7(12(21)10(6)19)8-13(22)15(24)17(26)16(25)14(8)23/h18-26H,2-5H2,1H3. The molecule has 0 radical (unpaired) electrons. The Morgan fingerprint density at radius 3 is 1.19 bits per heavy atom. The van der Waals surface area contributed by atoms with Crippen LogP contribution in [0.1, 0.15) is 31.7 Å². The van der Waals surface area contributed by atoms with Gasteiger partial charge in [0.15, 0.2) is 34.5 Å². The lowest BCUT2D eigenvalue weighted by Gasteiger charge is -2.18. The van der Waals surface area contributed by atoms with Gasteiger partial charge in [0.25, 0.3) is 0 Å². The van der Waals surface area contributed by atoms with Crippen molar-refractivity contribution in [2.24, 2.45) is 0 Å². The molecule has 142 valence electrons. The van der Waals surface area contributed by atoms with Gasteiger partial charge in [-0.3, -0.25) is 0 Å². The van der Waals surface area contributed by atoms with Crippen LogP contribution in [0.4, 0.5) is 0 Å². The number of phenolic OH excluding ortho intramolecular Hbond substituents is 9. The first-order valence-corrected chi connectivity index (χ1v) is 7.82. The van der Waals surface area contributed by atoms with Gasteiger partial charge in [-0.05, 0) is 12.8 Å².